The standard InChI is InChI=1S/C19H13Br2ClN2O5S/c1-27-14-4-3-10(22)8-11(14)17-23-24-19(29-17)30-15(18(25)26)7-9-5-12(20)16(28-2)13(21)6-9/h3-8H,1-2H3,(H,25,26)/b15-7-. The highest BCUT2D eigenvalue weighted by molar-refractivity contribution is 9.11. The Morgan fingerprint density at radius 1 is 1.17 bits per heavy atom. The molecule has 0 saturated carbocycles. The molecule has 0 amide bonds. The van der Waals surface area contributed by atoms with E-state index in [0.29, 0.717) is 36.6 Å². The minimum Gasteiger partial charge on any atom is -0.496 e. The molecule has 3 aromatic rings. The van der Waals surface area contributed by atoms with Gasteiger partial charge in [-0.15, -0.1) is 10.2 Å². The summed E-state index contributed by atoms with van der Waals surface area (Å²) in [5.74, 6) is 0.134. The van der Waals surface area contributed by atoms with Gasteiger partial charge in [-0.3, -0.25) is 0 Å². The maximum atomic E-state index is 11.8. The third-order valence-corrected chi connectivity index (χ3v) is 5.99. The first-order valence-electron chi connectivity index (χ1n) is 8.15. The first-order valence-corrected chi connectivity index (χ1v) is 10.9. The molecule has 2 aromatic carbocycles. The molecular weight excluding hydrogens is 564 g/mol. The van der Waals surface area contributed by atoms with E-state index < -0.39 is 5.97 Å². The van der Waals surface area contributed by atoms with Crippen LogP contribution in [0.4, 0.5) is 0 Å². The number of carboxylic acids is 1. The summed E-state index contributed by atoms with van der Waals surface area (Å²) >= 11 is 13.7. The normalized spacial score (nSPS) is 11.4. The van der Waals surface area contributed by atoms with E-state index in [1.807, 2.05) is 0 Å². The quantitative estimate of drug-likeness (QED) is 0.264. The number of hydrogen-bond donors (Lipinski definition) is 1. The van der Waals surface area contributed by atoms with E-state index in [9.17, 15) is 9.90 Å². The molecule has 0 aliphatic carbocycles. The third kappa shape index (κ3) is 5.18. The van der Waals surface area contributed by atoms with Gasteiger partial charge in [-0.2, -0.15) is 0 Å². The van der Waals surface area contributed by atoms with Gasteiger partial charge in [0, 0.05) is 5.02 Å². The number of carboxylic acid groups (broad SMARTS) is 1. The fraction of sp³-hybridized carbons (Fsp3) is 0.105. The molecule has 7 nitrogen and oxygen atoms in total. The van der Waals surface area contributed by atoms with Crippen molar-refractivity contribution in [3.8, 4) is 23.0 Å². The summed E-state index contributed by atoms with van der Waals surface area (Å²) in [7, 11) is 3.05. The number of hydrogen-bond acceptors (Lipinski definition) is 7. The van der Waals surface area contributed by atoms with Gasteiger partial charge in [-0.1, -0.05) is 11.6 Å². The highest BCUT2D eigenvalue weighted by atomic mass is 79.9. The highest BCUT2D eigenvalue weighted by Crippen LogP contribution is 2.37. The van der Waals surface area contributed by atoms with Gasteiger partial charge >= 0.3 is 5.97 Å². The van der Waals surface area contributed by atoms with Gasteiger partial charge in [-0.25, -0.2) is 4.79 Å². The van der Waals surface area contributed by atoms with Gasteiger partial charge in [0.25, 0.3) is 11.1 Å². The minimum absolute atomic E-state index is 0.00720. The van der Waals surface area contributed by atoms with Crippen molar-refractivity contribution >= 4 is 67.3 Å². The average Bonchev–Trinajstić information content (AvgIpc) is 3.15. The number of nitrogens with zero attached hydrogens (tertiary/aromatic N) is 2. The second-order valence-electron chi connectivity index (χ2n) is 5.65. The van der Waals surface area contributed by atoms with Crippen molar-refractivity contribution in [2.75, 3.05) is 14.2 Å². The number of halogens is 3. The number of ether oxygens (including phenoxy) is 2. The molecule has 1 N–H and O–H groups in total. The maximum absolute atomic E-state index is 11.8. The Morgan fingerprint density at radius 3 is 2.47 bits per heavy atom. The topological polar surface area (TPSA) is 94.7 Å². The summed E-state index contributed by atoms with van der Waals surface area (Å²) in [5, 5.41) is 18.1. The smallest absolute Gasteiger partial charge is 0.342 e. The SMILES string of the molecule is COc1ccc(Cl)cc1-c1nnc(S/C(=C\c2cc(Br)c(OC)c(Br)c2)C(=O)O)o1. The molecule has 1 heterocycles. The molecule has 0 radical (unpaired) electrons. The lowest BCUT2D eigenvalue weighted by Gasteiger charge is -2.07. The van der Waals surface area contributed by atoms with Crippen LogP contribution in [0.15, 0.2) is 53.8 Å². The Hall–Kier alpha value is -2.01. The van der Waals surface area contributed by atoms with Crippen LogP contribution in [0.2, 0.25) is 5.02 Å². The van der Waals surface area contributed by atoms with Gasteiger partial charge < -0.3 is 19.0 Å². The lowest BCUT2D eigenvalue weighted by Crippen LogP contribution is -1.97. The van der Waals surface area contributed by atoms with Crippen LogP contribution in [0.25, 0.3) is 17.5 Å². The van der Waals surface area contributed by atoms with E-state index in [2.05, 4.69) is 42.1 Å². The lowest BCUT2D eigenvalue weighted by molar-refractivity contribution is -0.131. The van der Waals surface area contributed by atoms with Crippen LogP contribution >= 0.6 is 55.2 Å². The molecule has 30 heavy (non-hydrogen) atoms. The lowest BCUT2D eigenvalue weighted by atomic mass is 10.2. The van der Waals surface area contributed by atoms with E-state index in [4.69, 9.17) is 25.5 Å². The summed E-state index contributed by atoms with van der Waals surface area (Å²) < 4.78 is 17.5. The van der Waals surface area contributed by atoms with Crippen molar-refractivity contribution in [1.82, 2.24) is 10.2 Å². The number of aromatic nitrogens is 2. The Balaban J connectivity index is 1.92. The van der Waals surface area contributed by atoms with Crippen molar-refractivity contribution in [2.24, 2.45) is 0 Å². The molecule has 0 atom stereocenters. The largest absolute Gasteiger partial charge is 0.496 e. The van der Waals surface area contributed by atoms with Crippen LogP contribution < -0.4 is 9.47 Å². The van der Waals surface area contributed by atoms with Crippen molar-refractivity contribution < 1.29 is 23.8 Å². The molecule has 0 aliphatic heterocycles. The van der Waals surface area contributed by atoms with E-state index in [1.165, 1.54) is 13.2 Å². The second-order valence-corrected chi connectivity index (χ2v) is 8.79. The molecule has 0 aliphatic rings. The number of benzene rings is 2. The molecule has 0 fully saturated rings. The molecule has 156 valence electrons. The van der Waals surface area contributed by atoms with E-state index >= 15 is 0 Å². The molecule has 0 unspecified atom stereocenters. The fourth-order valence-corrected chi connectivity index (χ4v) is 4.84. The van der Waals surface area contributed by atoms with Gasteiger partial charge in [0.05, 0.1) is 28.7 Å². The summed E-state index contributed by atoms with van der Waals surface area (Å²) in [4.78, 5) is 11.8. The van der Waals surface area contributed by atoms with Crippen molar-refractivity contribution in [2.45, 2.75) is 5.22 Å². The van der Waals surface area contributed by atoms with Crippen LogP contribution in [-0.2, 0) is 4.79 Å². The van der Waals surface area contributed by atoms with Crippen LogP contribution in [0.5, 0.6) is 11.5 Å². The first-order chi connectivity index (χ1) is 14.3. The number of methoxy groups -OCH3 is 2. The number of thioether (sulfide) groups is 1. The summed E-state index contributed by atoms with van der Waals surface area (Å²) in [6.45, 7) is 0. The monoisotopic (exact) mass is 574 g/mol. The minimum atomic E-state index is -1.14. The van der Waals surface area contributed by atoms with E-state index in [-0.39, 0.29) is 16.0 Å². The van der Waals surface area contributed by atoms with Crippen LogP contribution in [0.3, 0.4) is 0 Å². The number of rotatable bonds is 7. The molecule has 0 spiro atoms. The van der Waals surface area contributed by atoms with E-state index in [0.717, 1.165) is 11.8 Å². The number of aliphatic carboxylic acids is 1. The second kappa shape index (κ2) is 9.86. The first kappa shape index (κ1) is 22.7. The Kier molecular flexibility index (Phi) is 7.45. The Labute approximate surface area is 197 Å². The van der Waals surface area contributed by atoms with Crippen molar-refractivity contribution in [3.05, 3.63) is 54.8 Å². The molecular formula is C19H13Br2ClN2O5S. The average molecular weight is 577 g/mol. The van der Waals surface area contributed by atoms with Crippen molar-refractivity contribution in [3.63, 3.8) is 0 Å². The summed E-state index contributed by atoms with van der Waals surface area (Å²) in [6.07, 6.45) is 1.49. The van der Waals surface area contributed by atoms with Gasteiger partial charge in [0.1, 0.15) is 16.4 Å². The van der Waals surface area contributed by atoms with Crippen LogP contribution in [0, 0.1) is 0 Å². The summed E-state index contributed by atoms with van der Waals surface area (Å²) in [6, 6.07) is 8.46. The van der Waals surface area contributed by atoms with E-state index in [1.54, 1.807) is 37.4 Å². The zero-order valence-electron chi connectivity index (χ0n) is 15.5. The van der Waals surface area contributed by atoms with Crippen LogP contribution in [0.1, 0.15) is 5.56 Å². The van der Waals surface area contributed by atoms with Crippen molar-refractivity contribution in [1.29, 1.82) is 0 Å². The third-order valence-electron chi connectivity index (χ3n) is 3.73. The van der Waals surface area contributed by atoms with Gasteiger partial charge in [0.15, 0.2) is 0 Å². The van der Waals surface area contributed by atoms with Gasteiger partial charge in [0.2, 0.25) is 0 Å². The fourth-order valence-electron chi connectivity index (χ4n) is 2.45. The Morgan fingerprint density at radius 2 is 1.87 bits per heavy atom. The maximum Gasteiger partial charge on any atom is 0.342 e. The zero-order valence-corrected chi connectivity index (χ0v) is 20.2. The zero-order chi connectivity index (χ0) is 21.8. The number of carbonyl (C=O) groups is 1. The molecule has 3 rings (SSSR count). The molecule has 1 aromatic heterocycles. The predicted octanol–water partition coefficient (Wildman–Crippen LogP) is 6.15. The Bertz CT molecular complexity index is 1110. The van der Waals surface area contributed by atoms with Gasteiger partial charge in [-0.05, 0) is 85.6 Å². The van der Waals surface area contributed by atoms with Crippen LogP contribution in [-0.4, -0.2) is 35.5 Å². The molecule has 11 heteroatoms. The predicted molar refractivity (Wildman–Crippen MR) is 121 cm³/mol. The highest BCUT2D eigenvalue weighted by Gasteiger charge is 2.19. The molecule has 0 saturated heterocycles. The summed E-state index contributed by atoms with van der Waals surface area (Å²) in [5.41, 5.74) is 1.14. The molecule has 0 bridgehead atoms.